The Morgan fingerprint density at radius 3 is 2.43 bits per heavy atom. The maximum atomic E-state index is 12.9. The van der Waals surface area contributed by atoms with Gasteiger partial charge in [0.1, 0.15) is 5.82 Å². The van der Waals surface area contributed by atoms with E-state index in [4.69, 9.17) is 0 Å². The number of carbonyl (C=O) groups excluding carboxylic acids is 1. The Kier molecular flexibility index (Phi) is 9.12. The van der Waals surface area contributed by atoms with Gasteiger partial charge in [-0.05, 0) is 63.1 Å². The first-order valence-electron chi connectivity index (χ1n) is 12.1. The smallest absolute Gasteiger partial charge is 0.243 e. The molecule has 2 aromatic carbocycles. The average molecular weight is 558 g/mol. The molecule has 1 atom stereocenters. The number of aryl methyl sites for hydroxylation is 1. The first-order valence-corrected chi connectivity index (χ1v) is 15.4. The highest BCUT2D eigenvalue weighted by Crippen LogP contribution is 2.28. The number of thioether (sulfide) groups is 2. The lowest BCUT2D eigenvalue weighted by Gasteiger charge is -2.16. The molecule has 4 rings (SSSR count). The van der Waals surface area contributed by atoms with Crippen molar-refractivity contribution in [3.8, 4) is 0 Å². The molecular formula is C26H31N5O3S3. The number of carbonyl (C=O) groups is 1. The van der Waals surface area contributed by atoms with Crippen LogP contribution in [0.2, 0.25) is 0 Å². The second kappa shape index (κ2) is 12.3. The van der Waals surface area contributed by atoms with Gasteiger partial charge in [0.15, 0.2) is 5.16 Å². The second-order valence-electron chi connectivity index (χ2n) is 8.78. The molecule has 11 heteroatoms. The van der Waals surface area contributed by atoms with Crippen LogP contribution >= 0.6 is 23.5 Å². The molecule has 1 amide bonds. The Morgan fingerprint density at radius 2 is 1.78 bits per heavy atom. The quantitative estimate of drug-likeness (QED) is 0.263. The predicted molar refractivity (Wildman–Crippen MR) is 149 cm³/mol. The lowest BCUT2D eigenvalue weighted by Crippen LogP contribution is -2.27. The Hall–Kier alpha value is -2.60. The molecule has 0 bridgehead atoms. The van der Waals surface area contributed by atoms with Gasteiger partial charge in [-0.1, -0.05) is 35.5 Å². The van der Waals surface area contributed by atoms with Crippen LogP contribution in [-0.2, 0) is 27.1 Å². The van der Waals surface area contributed by atoms with Crippen molar-refractivity contribution in [1.82, 2.24) is 19.1 Å². The van der Waals surface area contributed by atoms with Gasteiger partial charge in [-0.2, -0.15) is 4.31 Å². The molecule has 1 aliphatic heterocycles. The van der Waals surface area contributed by atoms with Crippen molar-refractivity contribution in [2.75, 3.05) is 18.4 Å². The molecule has 0 radical (unpaired) electrons. The van der Waals surface area contributed by atoms with Crippen LogP contribution in [0.15, 0.2) is 76.1 Å². The minimum absolute atomic E-state index is 0.205. The van der Waals surface area contributed by atoms with E-state index in [0.29, 0.717) is 36.2 Å². The third-order valence-electron chi connectivity index (χ3n) is 5.97. The number of benzene rings is 2. The summed E-state index contributed by atoms with van der Waals surface area (Å²) in [6.07, 6.45) is 3.56. The standard InChI is InChI=1S/C26H31N5O3S3/c1-4-15-31-24(18-35-22-11-7-19(2)8-12-22)28-29-26(31)36-20(3)25(32)27-21-9-13-23(14-10-21)37(33,34)30-16-5-6-17-30/h4,7-14,20H,1,5-6,15-18H2,2-3H3,(H,27,32). The summed E-state index contributed by atoms with van der Waals surface area (Å²) in [7, 11) is -3.48. The fraction of sp³-hybridized carbons (Fsp3) is 0.346. The van der Waals surface area contributed by atoms with E-state index in [1.165, 1.54) is 21.6 Å². The van der Waals surface area contributed by atoms with Gasteiger partial charge in [-0.15, -0.1) is 28.5 Å². The van der Waals surface area contributed by atoms with Crippen LogP contribution in [-0.4, -0.2) is 51.7 Å². The Labute approximate surface area is 227 Å². The van der Waals surface area contributed by atoms with Crippen molar-refractivity contribution in [3.63, 3.8) is 0 Å². The summed E-state index contributed by atoms with van der Waals surface area (Å²) in [5.74, 6) is 1.26. The lowest BCUT2D eigenvalue weighted by molar-refractivity contribution is -0.115. The lowest BCUT2D eigenvalue weighted by atomic mass is 10.2. The van der Waals surface area contributed by atoms with Crippen molar-refractivity contribution in [3.05, 3.63) is 72.6 Å². The molecule has 0 aliphatic carbocycles. The molecule has 3 aromatic rings. The Morgan fingerprint density at radius 1 is 1.11 bits per heavy atom. The zero-order valence-corrected chi connectivity index (χ0v) is 23.4. The van der Waals surface area contributed by atoms with Gasteiger partial charge >= 0.3 is 0 Å². The van der Waals surface area contributed by atoms with Crippen molar-refractivity contribution in [1.29, 1.82) is 0 Å². The largest absolute Gasteiger partial charge is 0.325 e. The molecule has 0 saturated carbocycles. The van der Waals surface area contributed by atoms with Gasteiger partial charge in [0.2, 0.25) is 15.9 Å². The average Bonchev–Trinajstić information content (AvgIpc) is 3.56. The van der Waals surface area contributed by atoms with Crippen LogP contribution in [0.1, 0.15) is 31.2 Å². The zero-order chi connectivity index (χ0) is 26.4. The van der Waals surface area contributed by atoms with E-state index in [-0.39, 0.29) is 10.8 Å². The third-order valence-corrected chi connectivity index (χ3v) is 9.97. The van der Waals surface area contributed by atoms with Crippen LogP contribution < -0.4 is 5.32 Å². The molecule has 196 valence electrons. The number of hydrogen-bond donors (Lipinski definition) is 1. The van der Waals surface area contributed by atoms with E-state index in [2.05, 4.69) is 53.3 Å². The highest BCUT2D eigenvalue weighted by molar-refractivity contribution is 8.00. The van der Waals surface area contributed by atoms with E-state index < -0.39 is 15.3 Å². The molecule has 8 nitrogen and oxygen atoms in total. The molecular weight excluding hydrogens is 527 g/mol. The van der Waals surface area contributed by atoms with Gasteiger partial charge < -0.3 is 9.88 Å². The number of sulfonamides is 1. The van der Waals surface area contributed by atoms with Gasteiger partial charge in [-0.25, -0.2) is 8.42 Å². The third kappa shape index (κ3) is 6.84. The predicted octanol–water partition coefficient (Wildman–Crippen LogP) is 4.97. The summed E-state index contributed by atoms with van der Waals surface area (Å²) in [6, 6.07) is 14.7. The molecule has 1 unspecified atom stereocenters. The maximum absolute atomic E-state index is 12.9. The molecule has 1 fully saturated rings. The van der Waals surface area contributed by atoms with Gasteiger partial charge in [0, 0.05) is 30.2 Å². The maximum Gasteiger partial charge on any atom is 0.243 e. The molecule has 2 heterocycles. The number of nitrogens with zero attached hydrogens (tertiary/aromatic N) is 4. The number of hydrogen-bond acceptors (Lipinski definition) is 7. The van der Waals surface area contributed by atoms with Crippen molar-refractivity contribution < 1.29 is 13.2 Å². The van der Waals surface area contributed by atoms with Gasteiger partial charge in [-0.3, -0.25) is 4.79 Å². The fourth-order valence-corrected chi connectivity index (χ4v) is 7.08. The SMILES string of the molecule is C=CCn1c(CSc2ccc(C)cc2)nnc1SC(C)C(=O)Nc1ccc(S(=O)(=O)N2CCCC2)cc1. The summed E-state index contributed by atoms with van der Waals surface area (Å²) < 4.78 is 28.9. The molecule has 37 heavy (non-hydrogen) atoms. The van der Waals surface area contributed by atoms with Crippen molar-refractivity contribution in [2.24, 2.45) is 0 Å². The zero-order valence-electron chi connectivity index (χ0n) is 21.0. The molecule has 0 spiro atoms. The van der Waals surface area contributed by atoms with Gasteiger partial charge in [0.25, 0.3) is 0 Å². The molecule has 1 saturated heterocycles. The summed E-state index contributed by atoms with van der Waals surface area (Å²) in [4.78, 5) is 14.3. The number of allylic oxidation sites excluding steroid dienone is 1. The first-order chi connectivity index (χ1) is 17.8. The monoisotopic (exact) mass is 557 g/mol. The number of nitrogens with one attached hydrogen (secondary N) is 1. The second-order valence-corrected chi connectivity index (χ2v) is 13.1. The summed E-state index contributed by atoms with van der Waals surface area (Å²) in [6.45, 7) is 9.36. The normalized spacial score (nSPS) is 15.0. The Balaban J connectivity index is 1.37. The topological polar surface area (TPSA) is 97.2 Å². The van der Waals surface area contributed by atoms with Crippen LogP contribution in [0.4, 0.5) is 5.69 Å². The van der Waals surface area contributed by atoms with Crippen molar-refractivity contribution in [2.45, 2.75) is 59.2 Å². The van der Waals surface area contributed by atoms with Crippen molar-refractivity contribution >= 4 is 45.1 Å². The highest BCUT2D eigenvalue weighted by atomic mass is 32.2. The van der Waals surface area contributed by atoms with Gasteiger partial charge in [0.05, 0.1) is 15.9 Å². The number of rotatable bonds is 11. The minimum Gasteiger partial charge on any atom is -0.325 e. The van der Waals surface area contributed by atoms with E-state index in [0.717, 1.165) is 23.6 Å². The molecule has 1 aromatic heterocycles. The Bertz CT molecular complexity index is 1330. The fourth-order valence-electron chi connectivity index (χ4n) is 3.85. The highest BCUT2D eigenvalue weighted by Gasteiger charge is 2.27. The number of amides is 1. The van der Waals surface area contributed by atoms with E-state index in [9.17, 15) is 13.2 Å². The van der Waals surface area contributed by atoms with E-state index in [1.54, 1.807) is 49.0 Å². The molecule has 1 aliphatic rings. The number of aromatic nitrogens is 3. The van der Waals surface area contributed by atoms with Crippen LogP contribution in [0.25, 0.3) is 0 Å². The van der Waals surface area contributed by atoms with Crippen LogP contribution in [0, 0.1) is 6.92 Å². The number of anilines is 1. The van der Waals surface area contributed by atoms with Crippen LogP contribution in [0.3, 0.4) is 0 Å². The summed E-state index contributed by atoms with van der Waals surface area (Å²) in [5, 5.41) is 11.8. The summed E-state index contributed by atoms with van der Waals surface area (Å²) in [5.41, 5.74) is 1.76. The summed E-state index contributed by atoms with van der Waals surface area (Å²) >= 11 is 3.01. The van der Waals surface area contributed by atoms with Crippen LogP contribution in [0.5, 0.6) is 0 Å². The molecule has 1 N–H and O–H groups in total. The van der Waals surface area contributed by atoms with E-state index in [1.807, 2.05) is 4.57 Å². The van der Waals surface area contributed by atoms with E-state index >= 15 is 0 Å². The minimum atomic E-state index is -3.48. The first kappa shape index (κ1) is 27.4.